The van der Waals surface area contributed by atoms with Gasteiger partial charge in [-0.15, -0.1) is 0 Å². The second kappa shape index (κ2) is 6.76. The van der Waals surface area contributed by atoms with E-state index in [-0.39, 0.29) is 34.6 Å². The van der Waals surface area contributed by atoms with Crippen molar-refractivity contribution in [2.75, 3.05) is 16.4 Å². The molecule has 0 spiro atoms. The molecule has 2 aliphatic heterocycles. The van der Waals surface area contributed by atoms with Gasteiger partial charge >= 0.3 is 0 Å². The summed E-state index contributed by atoms with van der Waals surface area (Å²) in [5.74, 6) is -0.0680. The van der Waals surface area contributed by atoms with Crippen molar-refractivity contribution >= 4 is 38.4 Å². The molecule has 1 aromatic carbocycles. The molecule has 25 heavy (non-hydrogen) atoms. The highest BCUT2D eigenvalue weighted by Gasteiger charge is 2.50. The standard InChI is InChI=1S/C18H24N2O3S2/c1-5-13-8-6-7-12(4)16(13)20-14-9-25(22,23)10-15(14)24-18(20)19-17(21)11(2)3/h6-8,11,14-15H,5,9-10H2,1-4H3/t14-,15+/m0/s1. The molecule has 0 aliphatic carbocycles. The summed E-state index contributed by atoms with van der Waals surface area (Å²) in [5, 5.41) is 0.584. The fourth-order valence-corrected chi connectivity index (χ4v) is 7.30. The number of sulfone groups is 1. The van der Waals surface area contributed by atoms with Crippen LogP contribution in [0.3, 0.4) is 0 Å². The molecule has 1 aromatic rings. The third-order valence-electron chi connectivity index (χ3n) is 4.71. The van der Waals surface area contributed by atoms with Gasteiger partial charge in [-0.05, 0) is 24.5 Å². The Hall–Kier alpha value is -1.34. The van der Waals surface area contributed by atoms with Gasteiger partial charge < -0.3 is 4.90 Å². The van der Waals surface area contributed by atoms with Crippen molar-refractivity contribution in [2.45, 2.75) is 45.4 Å². The largest absolute Gasteiger partial charge is 0.315 e. The van der Waals surface area contributed by atoms with Crippen LogP contribution in [-0.4, -0.2) is 42.3 Å². The predicted octanol–water partition coefficient (Wildman–Crippen LogP) is 2.81. The molecule has 0 radical (unpaired) electrons. The summed E-state index contributed by atoms with van der Waals surface area (Å²) in [4.78, 5) is 18.6. The minimum Gasteiger partial charge on any atom is -0.315 e. The molecule has 2 saturated heterocycles. The molecule has 7 heteroatoms. The fraction of sp³-hybridized carbons (Fsp3) is 0.556. The van der Waals surface area contributed by atoms with Gasteiger partial charge in [0, 0.05) is 16.9 Å². The molecule has 2 atom stereocenters. The summed E-state index contributed by atoms with van der Waals surface area (Å²) in [5.41, 5.74) is 3.24. The molecule has 0 unspecified atom stereocenters. The molecule has 5 nitrogen and oxygen atoms in total. The number of aliphatic imine (C=N–C) groups is 1. The quantitative estimate of drug-likeness (QED) is 0.807. The summed E-state index contributed by atoms with van der Waals surface area (Å²) in [6.07, 6.45) is 0.841. The number of amidine groups is 1. The average Bonchev–Trinajstić information content (AvgIpc) is 2.98. The molecular formula is C18H24N2O3S2. The first kappa shape index (κ1) is 18.5. The normalized spacial score (nSPS) is 26.4. The zero-order valence-electron chi connectivity index (χ0n) is 15.0. The van der Waals surface area contributed by atoms with Crippen LogP contribution in [0, 0.1) is 12.8 Å². The van der Waals surface area contributed by atoms with Crippen LogP contribution in [0.25, 0.3) is 0 Å². The van der Waals surface area contributed by atoms with E-state index in [1.54, 1.807) is 0 Å². The van der Waals surface area contributed by atoms with Crippen molar-refractivity contribution in [1.82, 2.24) is 0 Å². The number of fused-ring (bicyclic) bond motifs is 1. The summed E-state index contributed by atoms with van der Waals surface area (Å²) in [6, 6.07) is 5.95. The maximum atomic E-state index is 12.2. The van der Waals surface area contributed by atoms with Crippen LogP contribution in [0.5, 0.6) is 0 Å². The van der Waals surface area contributed by atoms with Crippen LogP contribution < -0.4 is 4.90 Å². The number of carbonyl (C=O) groups is 1. The number of carbonyl (C=O) groups excluding carboxylic acids is 1. The summed E-state index contributed by atoms with van der Waals surface area (Å²) in [6.45, 7) is 7.76. The Labute approximate surface area is 153 Å². The molecule has 0 bridgehead atoms. The van der Waals surface area contributed by atoms with Crippen LogP contribution in [0.15, 0.2) is 23.2 Å². The van der Waals surface area contributed by atoms with E-state index in [4.69, 9.17) is 0 Å². The molecule has 1 amide bonds. The number of hydrogen-bond donors (Lipinski definition) is 0. The number of para-hydroxylation sites is 1. The van der Waals surface area contributed by atoms with Gasteiger partial charge in [0.05, 0.1) is 17.5 Å². The SMILES string of the molecule is CCc1cccc(C)c1N1C(=NC(=O)C(C)C)S[C@@H]2CS(=O)(=O)C[C@@H]21. The van der Waals surface area contributed by atoms with Crippen LogP contribution in [0.2, 0.25) is 0 Å². The first-order valence-electron chi connectivity index (χ1n) is 8.61. The van der Waals surface area contributed by atoms with E-state index in [0.29, 0.717) is 5.17 Å². The van der Waals surface area contributed by atoms with Crippen LogP contribution in [0.4, 0.5) is 5.69 Å². The lowest BCUT2D eigenvalue weighted by Gasteiger charge is -2.28. The van der Waals surface area contributed by atoms with Crippen LogP contribution in [-0.2, 0) is 21.1 Å². The van der Waals surface area contributed by atoms with E-state index in [1.807, 2.05) is 37.8 Å². The molecule has 0 saturated carbocycles. The van der Waals surface area contributed by atoms with E-state index in [1.165, 1.54) is 11.8 Å². The number of rotatable bonds is 3. The van der Waals surface area contributed by atoms with E-state index in [2.05, 4.69) is 18.0 Å². The van der Waals surface area contributed by atoms with E-state index in [0.717, 1.165) is 23.2 Å². The summed E-state index contributed by atoms with van der Waals surface area (Å²) in [7, 11) is -3.05. The van der Waals surface area contributed by atoms with Crippen molar-refractivity contribution in [3.8, 4) is 0 Å². The minimum atomic E-state index is -3.05. The Balaban J connectivity index is 2.12. The molecule has 0 N–H and O–H groups in total. The Morgan fingerprint density at radius 1 is 1.36 bits per heavy atom. The Morgan fingerprint density at radius 2 is 2.08 bits per heavy atom. The van der Waals surface area contributed by atoms with Crippen molar-refractivity contribution in [2.24, 2.45) is 10.9 Å². The topological polar surface area (TPSA) is 66.8 Å². The molecule has 0 aromatic heterocycles. The van der Waals surface area contributed by atoms with Gasteiger partial charge in [0.25, 0.3) is 5.91 Å². The molecular weight excluding hydrogens is 356 g/mol. The highest BCUT2D eigenvalue weighted by Crippen LogP contribution is 2.43. The van der Waals surface area contributed by atoms with Gasteiger partial charge in [-0.3, -0.25) is 4.79 Å². The maximum absolute atomic E-state index is 12.2. The Bertz CT molecular complexity index is 831. The Morgan fingerprint density at radius 3 is 2.72 bits per heavy atom. The number of anilines is 1. The second-order valence-corrected chi connectivity index (χ2v) is 10.4. The van der Waals surface area contributed by atoms with Crippen LogP contribution >= 0.6 is 11.8 Å². The smallest absolute Gasteiger partial charge is 0.250 e. The highest BCUT2D eigenvalue weighted by atomic mass is 32.2. The number of aryl methyl sites for hydroxylation is 2. The van der Waals surface area contributed by atoms with Gasteiger partial charge in [0.2, 0.25) is 0 Å². The first-order valence-corrected chi connectivity index (χ1v) is 11.3. The van der Waals surface area contributed by atoms with Gasteiger partial charge in [-0.25, -0.2) is 8.42 Å². The van der Waals surface area contributed by atoms with E-state index < -0.39 is 9.84 Å². The third kappa shape index (κ3) is 3.49. The lowest BCUT2D eigenvalue weighted by molar-refractivity contribution is -0.120. The molecule has 3 rings (SSSR count). The first-order chi connectivity index (χ1) is 11.7. The maximum Gasteiger partial charge on any atom is 0.250 e. The van der Waals surface area contributed by atoms with E-state index >= 15 is 0 Å². The molecule has 136 valence electrons. The molecule has 2 fully saturated rings. The van der Waals surface area contributed by atoms with Gasteiger partial charge in [0.15, 0.2) is 15.0 Å². The van der Waals surface area contributed by atoms with Crippen molar-refractivity contribution in [3.05, 3.63) is 29.3 Å². The summed E-state index contributed by atoms with van der Waals surface area (Å²) < 4.78 is 24.3. The average molecular weight is 381 g/mol. The highest BCUT2D eigenvalue weighted by molar-refractivity contribution is 8.16. The lowest BCUT2D eigenvalue weighted by atomic mass is 10.0. The molecule has 2 aliphatic rings. The van der Waals surface area contributed by atoms with E-state index in [9.17, 15) is 13.2 Å². The van der Waals surface area contributed by atoms with Crippen molar-refractivity contribution in [1.29, 1.82) is 0 Å². The Kier molecular flexibility index (Phi) is 4.99. The van der Waals surface area contributed by atoms with Crippen LogP contribution in [0.1, 0.15) is 31.9 Å². The second-order valence-electron chi connectivity index (χ2n) is 6.99. The minimum absolute atomic E-state index is 0.0620. The van der Waals surface area contributed by atoms with Gasteiger partial charge in [0.1, 0.15) is 0 Å². The predicted molar refractivity (Wildman–Crippen MR) is 104 cm³/mol. The number of thioether (sulfide) groups is 1. The van der Waals surface area contributed by atoms with Gasteiger partial charge in [-0.1, -0.05) is 50.7 Å². The zero-order chi connectivity index (χ0) is 18.4. The fourth-order valence-electron chi connectivity index (χ4n) is 3.40. The van der Waals surface area contributed by atoms with Crippen molar-refractivity contribution < 1.29 is 13.2 Å². The summed E-state index contributed by atoms with van der Waals surface area (Å²) >= 11 is 1.44. The zero-order valence-corrected chi connectivity index (χ0v) is 16.7. The monoisotopic (exact) mass is 380 g/mol. The van der Waals surface area contributed by atoms with Gasteiger partial charge in [-0.2, -0.15) is 4.99 Å². The van der Waals surface area contributed by atoms with Crippen molar-refractivity contribution in [3.63, 3.8) is 0 Å². The molecule has 2 heterocycles. The lowest BCUT2D eigenvalue weighted by Crippen LogP contribution is -2.39. The number of amides is 1. The number of benzene rings is 1. The number of hydrogen-bond acceptors (Lipinski definition) is 4. The third-order valence-corrected chi connectivity index (χ3v) is 7.92. The number of nitrogens with zero attached hydrogens (tertiary/aromatic N) is 2.